The Bertz CT molecular complexity index is 1060. The average Bonchev–Trinajstić information content (AvgIpc) is 3.74. The topological polar surface area (TPSA) is 119 Å². The molecule has 2 N–H and O–H groups in total. The number of aliphatic hydroxyl groups excluding tert-OH is 1. The monoisotopic (exact) mass is 588 g/mol. The predicted octanol–water partition coefficient (Wildman–Crippen LogP) is 3.45. The molecule has 0 aromatic rings. The van der Waals surface area contributed by atoms with Crippen molar-refractivity contribution in [3.05, 3.63) is 48.6 Å². The number of amides is 2. The van der Waals surface area contributed by atoms with Gasteiger partial charge in [-0.05, 0) is 52.5 Å². The number of hydrogen-bond acceptors (Lipinski definition) is 8. The Labute approximate surface area is 249 Å². The Morgan fingerprint density at radius 2 is 1.95 bits per heavy atom. The van der Waals surface area contributed by atoms with Crippen molar-refractivity contribution in [3.63, 3.8) is 0 Å². The lowest BCUT2D eigenvalue weighted by molar-refractivity contribution is -0.158. The Hall–Kier alpha value is -2.50. The number of nitrogens with zero attached hydrogens (tertiary/aromatic N) is 1. The lowest BCUT2D eigenvalue weighted by Gasteiger charge is -2.42. The second kappa shape index (κ2) is 13.9. The molecule has 0 bridgehead atoms. The normalized spacial score (nSPS) is 38.0. The summed E-state index contributed by atoms with van der Waals surface area (Å²) in [6, 6.07) is -0.120. The van der Waals surface area contributed by atoms with Gasteiger partial charge in [0.05, 0.1) is 43.7 Å². The number of ether oxygens (including phenoxy) is 5. The molecule has 0 aromatic carbocycles. The van der Waals surface area contributed by atoms with Gasteiger partial charge < -0.3 is 39.0 Å². The maximum Gasteiger partial charge on any atom is 0.410 e. The van der Waals surface area contributed by atoms with Crippen LogP contribution in [0.25, 0.3) is 0 Å². The zero-order chi connectivity index (χ0) is 30.5. The zero-order valence-corrected chi connectivity index (χ0v) is 25.6. The van der Waals surface area contributed by atoms with Crippen LogP contribution < -0.4 is 5.32 Å². The molecule has 1 spiro atoms. The Kier molecular flexibility index (Phi) is 10.7. The van der Waals surface area contributed by atoms with Gasteiger partial charge in [0.15, 0.2) is 0 Å². The molecule has 2 unspecified atom stereocenters. The Morgan fingerprint density at radius 3 is 2.62 bits per heavy atom. The number of epoxide rings is 1. The molecule has 2 amide bonds. The van der Waals surface area contributed by atoms with E-state index in [0.29, 0.717) is 39.3 Å². The summed E-state index contributed by atoms with van der Waals surface area (Å²) in [4.78, 5) is 26.4. The van der Waals surface area contributed by atoms with Gasteiger partial charge in [-0.1, -0.05) is 36.8 Å². The van der Waals surface area contributed by atoms with Crippen LogP contribution in [0, 0.1) is 5.92 Å². The number of carbonyl (C=O) groups excluding carboxylic acids is 2. The van der Waals surface area contributed by atoms with Gasteiger partial charge in [-0.15, -0.1) is 6.58 Å². The first-order chi connectivity index (χ1) is 19.9. The highest BCUT2D eigenvalue weighted by Crippen LogP contribution is 2.47. The number of hydrogen-bond donors (Lipinski definition) is 2. The Morgan fingerprint density at radius 1 is 1.24 bits per heavy atom. The van der Waals surface area contributed by atoms with Gasteiger partial charge in [0.2, 0.25) is 5.91 Å². The molecular formula is C32H48N2O8. The molecule has 10 nitrogen and oxygen atoms in total. The van der Waals surface area contributed by atoms with Gasteiger partial charge in [0.1, 0.15) is 23.9 Å². The van der Waals surface area contributed by atoms with Gasteiger partial charge in [0.25, 0.3) is 0 Å². The van der Waals surface area contributed by atoms with E-state index in [4.69, 9.17) is 23.7 Å². The fraction of sp³-hybridized carbons (Fsp3) is 0.688. The third-order valence-electron chi connectivity index (χ3n) is 8.69. The van der Waals surface area contributed by atoms with Crippen molar-refractivity contribution in [1.82, 2.24) is 10.2 Å². The summed E-state index contributed by atoms with van der Waals surface area (Å²) in [6.45, 7) is 16.3. The second-order valence-electron chi connectivity index (χ2n) is 12.4. The van der Waals surface area contributed by atoms with E-state index in [1.54, 1.807) is 24.0 Å². The largest absolute Gasteiger partial charge is 0.442 e. The molecule has 0 saturated carbocycles. The van der Waals surface area contributed by atoms with E-state index in [0.717, 1.165) is 18.4 Å². The van der Waals surface area contributed by atoms with E-state index in [2.05, 4.69) is 24.9 Å². The van der Waals surface area contributed by atoms with Crippen molar-refractivity contribution in [2.75, 3.05) is 32.9 Å². The van der Waals surface area contributed by atoms with Gasteiger partial charge in [-0.2, -0.15) is 0 Å². The van der Waals surface area contributed by atoms with E-state index in [-0.39, 0.29) is 30.1 Å². The van der Waals surface area contributed by atoms with E-state index in [9.17, 15) is 14.7 Å². The van der Waals surface area contributed by atoms with Gasteiger partial charge in [-0.3, -0.25) is 4.79 Å². The average molecular weight is 589 g/mol. The van der Waals surface area contributed by atoms with Gasteiger partial charge in [0, 0.05) is 25.6 Å². The van der Waals surface area contributed by atoms with Crippen LogP contribution in [0.15, 0.2) is 48.6 Å². The van der Waals surface area contributed by atoms with Crippen LogP contribution in [0.3, 0.4) is 0 Å². The smallest absolute Gasteiger partial charge is 0.410 e. The molecule has 4 rings (SSSR count). The summed E-state index contributed by atoms with van der Waals surface area (Å²) in [5, 5.41) is 13.8. The first-order valence-electron chi connectivity index (χ1n) is 15.1. The minimum atomic E-state index is -0.715. The maximum absolute atomic E-state index is 12.6. The maximum atomic E-state index is 12.6. The molecule has 10 heteroatoms. The summed E-state index contributed by atoms with van der Waals surface area (Å²) in [5.74, 6) is -0.00474. The summed E-state index contributed by atoms with van der Waals surface area (Å²) >= 11 is 0. The summed E-state index contributed by atoms with van der Waals surface area (Å²) in [6.07, 6.45) is 10.7. The number of rotatable bonds is 9. The summed E-state index contributed by atoms with van der Waals surface area (Å²) in [7, 11) is 0. The third kappa shape index (κ3) is 8.32. The SMILES string of the molecule is C=C[C@]1(C)C[C@@]2(CO2)[C@H](O)C(/C=C/C(C)=C/C[C@@H]2O[C@H](C)C(NC(=O)/C=C\[C@H](C)OC(=O)N3CCOCC3)C[C@@H]2C)O1. The predicted molar refractivity (Wildman–Crippen MR) is 158 cm³/mol. The zero-order valence-electron chi connectivity index (χ0n) is 25.6. The van der Waals surface area contributed by atoms with Crippen LogP contribution in [-0.4, -0.2) is 103 Å². The number of morpholine rings is 1. The highest BCUT2D eigenvalue weighted by Gasteiger charge is 2.60. The minimum absolute atomic E-state index is 0.0235. The molecule has 4 aliphatic heterocycles. The molecule has 4 saturated heterocycles. The van der Waals surface area contributed by atoms with Crippen molar-refractivity contribution >= 4 is 12.0 Å². The molecule has 0 radical (unpaired) electrons. The Balaban J connectivity index is 1.22. The molecule has 9 atom stereocenters. The van der Waals surface area contributed by atoms with Crippen LogP contribution in [0.4, 0.5) is 4.79 Å². The number of aliphatic hydroxyl groups is 1. The summed E-state index contributed by atoms with van der Waals surface area (Å²) < 4.78 is 28.8. The van der Waals surface area contributed by atoms with Crippen LogP contribution in [-0.2, 0) is 28.5 Å². The highest BCUT2D eigenvalue weighted by molar-refractivity contribution is 5.87. The first kappa shape index (κ1) is 32.4. The molecular weight excluding hydrogens is 540 g/mol. The quantitative estimate of drug-likeness (QED) is 0.182. The molecule has 234 valence electrons. The standard InChI is InChI=1S/C32H48N2O8/c1-7-31(6)19-32(20-39-32)29(36)27(42-31)12-9-21(2)8-11-26-22(3)18-25(24(5)41-26)33-28(35)13-10-23(4)40-30(37)34-14-16-38-17-15-34/h7-10,12-13,22-27,29,36H,1,11,14-20H2,2-6H3,(H,33,35)/b12-9+,13-10-,21-8+/t22-,23-,24+,25?,26-,27?,29+,31+,32+/m0/s1. The van der Waals surface area contributed by atoms with Crippen molar-refractivity contribution in [2.24, 2.45) is 5.92 Å². The van der Waals surface area contributed by atoms with Crippen LogP contribution in [0.1, 0.15) is 53.9 Å². The van der Waals surface area contributed by atoms with Crippen molar-refractivity contribution in [3.8, 4) is 0 Å². The van der Waals surface area contributed by atoms with Crippen molar-refractivity contribution < 1.29 is 38.4 Å². The highest BCUT2D eigenvalue weighted by atomic mass is 16.6. The molecule has 42 heavy (non-hydrogen) atoms. The van der Waals surface area contributed by atoms with Crippen molar-refractivity contribution in [2.45, 2.75) is 102 Å². The molecule has 0 aliphatic carbocycles. The van der Waals surface area contributed by atoms with Crippen LogP contribution >= 0.6 is 0 Å². The number of carbonyl (C=O) groups is 2. The molecule has 4 fully saturated rings. The molecule has 0 aromatic heterocycles. The summed E-state index contributed by atoms with van der Waals surface area (Å²) in [5.41, 5.74) is -0.0276. The number of allylic oxidation sites excluding steroid dienone is 2. The van der Waals surface area contributed by atoms with Gasteiger partial charge in [-0.25, -0.2) is 4.79 Å². The first-order valence-corrected chi connectivity index (χ1v) is 15.1. The lowest BCUT2D eigenvalue weighted by Crippen LogP contribution is -2.54. The molecule has 4 heterocycles. The van der Waals surface area contributed by atoms with Crippen molar-refractivity contribution in [1.29, 1.82) is 0 Å². The third-order valence-corrected chi connectivity index (χ3v) is 8.69. The van der Waals surface area contributed by atoms with Crippen LogP contribution in [0.5, 0.6) is 0 Å². The van der Waals surface area contributed by atoms with E-state index >= 15 is 0 Å². The fourth-order valence-corrected chi connectivity index (χ4v) is 5.85. The van der Waals surface area contributed by atoms with Crippen LogP contribution in [0.2, 0.25) is 0 Å². The number of nitrogens with one attached hydrogen (secondary N) is 1. The fourth-order valence-electron chi connectivity index (χ4n) is 5.85. The lowest BCUT2D eigenvalue weighted by atomic mass is 9.82. The molecule has 4 aliphatic rings. The van der Waals surface area contributed by atoms with Gasteiger partial charge >= 0.3 is 6.09 Å². The van der Waals surface area contributed by atoms with E-state index in [1.165, 1.54) is 6.08 Å². The minimum Gasteiger partial charge on any atom is -0.442 e. The second-order valence-corrected chi connectivity index (χ2v) is 12.4. The van der Waals surface area contributed by atoms with E-state index < -0.39 is 35.6 Å². The van der Waals surface area contributed by atoms with E-state index in [1.807, 2.05) is 32.9 Å².